The largest absolute Gasteiger partial charge is 0.369 e. The van der Waals surface area contributed by atoms with Crippen molar-refractivity contribution >= 4 is 0 Å². The maximum Gasteiger partial charge on any atom is 0.0368 e. The lowest BCUT2D eigenvalue weighted by molar-refractivity contribution is 0.203. The van der Waals surface area contributed by atoms with Crippen LogP contribution in [0.2, 0.25) is 0 Å². The number of hydrogen-bond donors (Lipinski definition) is 0. The molecule has 0 aromatic rings. The summed E-state index contributed by atoms with van der Waals surface area (Å²) in [6.45, 7) is 21.8. The molecule has 1 aliphatic carbocycles. The van der Waals surface area contributed by atoms with Gasteiger partial charge in [0.15, 0.2) is 0 Å². The zero-order valence-electron chi connectivity index (χ0n) is 15.1. The Bertz CT molecular complexity index is 478. The van der Waals surface area contributed by atoms with Crippen molar-refractivity contribution in [3.05, 3.63) is 48.2 Å². The van der Waals surface area contributed by atoms with E-state index in [0.29, 0.717) is 5.41 Å². The molecule has 1 heteroatoms. The minimum absolute atomic E-state index is 0.107. The Balaban J connectivity index is 3.04. The third-order valence-electron chi connectivity index (χ3n) is 5.74. The third-order valence-corrected chi connectivity index (χ3v) is 5.74. The van der Waals surface area contributed by atoms with Gasteiger partial charge in [-0.25, -0.2) is 0 Å². The Morgan fingerprint density at radius 1 is 1.43 bits per heavy atom. The van der Waals surface area contributed by atoms with Gasteiger partial charge in [-0.05, 0) is 50.5 Å². The van der Waals surface area contributed by atoms with Crippen LogP contribution in [-0.4, -0.2) is 17.5 Å². The van der Waals surface area contributed by atoms with Gasteiger partial charge in [0.25, 0.3) is 0 Å². The normalized spacial score (nSPS) is 26.5. The second kappa shape index (κ2) is 6.25. The van der Waals surface area contributed by atoms with E-state index in [4.69, 9.17) is 0 Å². The van der Waals surface area contributed by atoms with Crippen molar-refractivity contribution in [2.75, 3.05) is 7.05 Å². The van der Waals surface area contributed by atoms with E-state index >= 15 is 0 Å². The number of nitrogens with zero attached hydrogens (tertiary/aromatic N) is 1. The standard InChI is InChI=1S/C20H33N/c1-10-12-18(13-15(3)20(8)14-16(20)4)17(5)21(9)19(6,7)11-2/h10,12-13,16H,1,5,11,14H2,2-4,6-9H3/b15-13+,18-12+. The molecule has 1 fully saturated rings. The summed E-state index contributed by atoms with van der Waals surface area (Å²) in [5.74, 6) is 0.789. The molecule has 2 unspecified atom stereocenters. The number of allylic oxidation sites excluding steroid dienone is 4. The lowest BCUT2D eigenvalue weighted by Gasteiger charge is -2.38. The molecule has 0 aromatic carbocycles. The molecule has 0 bridgehead atoms. The molecule has 0 heterocycles. The van der Waals surface area contributed by atoms with Crippen LogP contribution in [0.5, 0.6) is 0 Å². The van der Waals surface area contributed by atoms with Crippen LogP contribution in [0.1, 0.15) is 54.4 Å². The van der Waals surface area contributed by atoms with E-state index in [9.17, 15) is 0 Å². The Morgan fingerprint density at radius 2 is 1.95 bits per heavy atom. The molecule has 2 atom stereocenters. The van der Waals surface area contributed by atoms with Gasteiger partial charge >= 0.3 is 0 Å². The van der Waals surface area contributed by atoms with Crippen molar-refractivity contribution in [3.8, 4) is 0 Å². The van der Waals surface area contributed by atoms with Crippen molar-refractivity contribution in [3.63, 3.8) is 0 Å². The molecule has 1 aliphatic rings. The molecule has 1 rings (SSSR count). The number of hydrogen-bond acceptors (Lipinski definition) is 1. The second-order valence-corrected chi connectivity index (χ2v) is 7.38. The van der Waals surface area contributed by atoms with Gasteiger partial charge in [-0.1, -0.05) is 57.7 Å². The second-order valence-electron chi connectivity index (χ2n) is 7.38. The fourth-order valence-electron chi connectivity index (χ4n) is 2.68. The van der Waals surface area contributed by atoms with E-state index in [0.717, 1.165) is 18.0 Å². The van der Waals surface area contributed by atoms with Crippen molar-refractivity contribution in [2.24, 2.45) is 11.3 Å². The quantitative estimate of drug-likeness (QED) is 0.541. The highest BCUT2D eigenvalue weighted by Crippen LogP contribution is 2.57. The van der Waals surface area contributed by atoms with Crippen LogP contribution < -0.4 is 0 Å². The van der Waals surface area contributed by atoms with Gasteiger partial charge in [-0.2, -0.15) is 0 Å². The molecule has 1 nitrogen and oxygen atoms in total. The van der Waals surface area contributed by atoms with Crippen molar-refractivity contribution in [2.45, 2.75) is 59.9 Å². The van der Waals surface area contributed by atoms with E-state index < -0.39 is 0 Å². The summed E-state index contributed by atoms with van der Waals surface area (Å²) in [4.78, 5) is 2.28. The van der Waals surface area contributed by atoms with Crippen LogP contribution in [0.15, 0.2) is 48.2 Å². The summed E-state index contributed by atoms with van der Waals surface area (Å²) in [6, 6.07) is 0. The van der Waals surface area contributed by atoms with Gasteiger partial charge in [0.05, 0.1) is 0 Å². The maximum absolute atomic E-state index is 4.33. The molecule has 0 aromatic heterocycles. The van der Waals surface area contributed by atoms with Crippen LogP contribution in [0, 0.1) is 11.3 Å². The minimum Gasteiger partial charge on any atom is -0.369 e. The van der Waals surface area contributed by atoms with Gasteiger partial charge in [-0.15, -0.1) is 0 Å². The maximum atomic E-state index is 4.33. The highest BCUT2D eigenvalue weighted by Gasteiger charge is 2.47. The van der Waals surface area contributed by atoms with E-state index in [1.165, 1.54) is 17.6 Å². The smallest absolute Gasteiger partial charge is 0.0368 e. The van der Waals surface area contributed by atoms with E-state index in [1.807, 2.05) is 6.08 Å². The Hall–Kier alpha value is -1.24. The van der Waals surface area contributed by atoms with Gasteiger partial charge in [0.1, 0.15) is 0 Å². The Labute approximate surface area is 132 Å². The molecular weight excluding hydrogens is 254 g/mol. The topological polar surface area (TPSA) is 3.24 Å². The molecule has 0 aliphatic heterocycles. The summed E-state index contributed by atoms with van der Waals surface area (Å²) < 4.78 is 0. The molecule has 0 spiro atoms. The molecule has 21 heavy (non-hydrogen) atoms. The number of rotatable bonds is 7. The highest BCUT2D eigenvalue weighted by molar-refractivity contribution is 5.43. The zero-order chi connectivity index (χ0) is 16.4. The highest BCUT2D eigenvalue weighted by atomic mass is 15.2. The molecule has 1 saturated carbocycles. The van der Waals surface area contributed by atoms with E-state index in [2.05, 4.69) is 78.8 Å². The summed E-state index contributed by atoms with van der Waals surface area (Å²) in [5, 5.41) is 0. The van der Waals surface area contributed by atoms with Crippen molar-refractivity contribution in [1.82, 2.24) is 4.90 Å². The Morgan fingerprint density at radius 3 is 2.33 bits per heavy atom. The van der Waals surface area contributed by atoms with Crippen LogP contribution in [0.4, 0.5) is 0 Å². The average molecular weight is 287 g/mol. The van der Waals surface area contributed by atoms with Crippen LogP contribution in [0.25, 0.3) is 0 Å². The fourth-order valence-corrected chi connectivity index (χ4v) is 2.68. The summed E-state index contributed by atoms with van der Waals surface area (Å²) in [6.07, 6.45) is 8.61. The van der Waals surface area contributed by atoms with E-state index in [-0.39, 0.29) is 5.54 Å². The molecule has 0 amide bonds. The predicted octanol–water partition coefficient (Wildman–Crippen LogP) is 5.73. The predicted molar refractivity (Wildman–Crippen MR) is 95.2 cm³/mol. The lowest BCUT2D eigenvalue weighted by Crippen LogP contribution is -2.39. The van der Waals surface area contributed by atoms with Crippen LogP contribution >= 0.6 is 0 Å². The first kappa shape index (κ1) is 17.8. The lowest BCUT2D eigenvalue weighted by atomic mass is 9.93. The summed E-state index contributed by atoms with van der Waals surface area (Å²) in [5.41, 5.74) is 4.17. The molecule has 0 saturated heterocycles. The van der Waals surface area contributed by atoms with Gasteiger partial charge in [-0.3, -0.25) is 0 Å². The van der Waals surface area contributed by atoms with Gasteiger partial charge in [0.2, 0.25) is 0 Å². The first-order valence-corrected chi connectivity index (χ1v) is 8.04. The average Bonchev–Trinajstić information content (AvgIpc) is 3.05. The van der Waals surface area contributed by atoms with E-state index in [1.54, 1.807) is 0 Å². The van der Waals surface area contributed by atoms with Gasteiger partial charge in [0, 0.05) is 18.3 Å². The van der Waals surface area contributed by atoms with Crippen molar-refractivity contribution < 1.29 is 0 Å². The first-order valence-electron chi connectivity index (χ1n) is 8.04. The monoisotopic (exact) mass is 287 g/mol. The van der Waals surface area contributed by atoms with Crippen molar-refractivity contribution in [1.29, 1.82) is 0 Å². The first-order chi connectivity index (χ1) is 9.60. The fraction of sp³-hybridized carbons (Fsp3) is 0.600. The molecular formula is C20H33N. The summed E-state index contributed by atoms with van der Waals surface area (Å²) >= 11 is 0. The molecule has 118 valence electrons. The zero-order valence-corrected chi connectivity index (χ0v) is 15.1. The third kappa shape index (κ3) is 3.70. The Kier molecular flexibility index (Phi) is 5.30. The summed E-state index contributed by atoms with van der Waals surface area (Å²) in [7, 11) is 2.13. The minimum atomic E-state index is 0.107. The molecule has 0 radical (unpaired) electrons. The van der Waals surface area contributed by atoms with Crippen LogP contribution in [-0.2, 0) is 0 Å². The van der Waals surface area contributed by atoms with Gasteiger partial charge < -0.3 is 4.90 Å². The SMILES string of the molecule is C=C/C=C(\C=C(/C)C1(C)CC1C)C(=C)N(C)C(C)(C)CC. The van der Waals surface area contributed by atoms with Crippen LogP contribution in [0.3, 0.4) is 0 Å². The molecule has 0 N–H and O–H groups in total. The number of likely N-dealkylation sites (N-methyl/N-ethyl adjacent to an activating group) is 1.